The molecule has 0 saturated carbocycles. The fourth-order valence-corrected chi connectivity index (χ4v) is 19.8. The second-order valence-corrected chi connectivity index (χ2v) is 26.2. The van der Waals surface area contributed by atoms with Gasteiger partial charge in [0.05, 0.1) is 0 Å². The van der Waals surface area contributed by atoms with E-state index in [2.05, 4.69) is 69.8 Å². The van der Waals surface area contributed by atoms with Crippen molar-refractivity contribution in [2.75, 3.05) is 14.1 Å². The molecule has 0 radical (unpaired) electrons. The average Bonchev–Trinajstić information content (AvgIpc) is 2.43. The SMILES string of the molecule is CCC[CH2][Sn]([Br])([CH2]CCC)[c]1ccccc1CN(C)C. The first-order valence-corrected chi connectivity index (χ1v) is 19.8. The fraction of sp³-hybridized carbons (Fsp3) is 0.647. The molecule has 0 spiro atoms. The van der Waals surface area contributed by atoms with Crippen molar-refractivity contribution in [3.63, 3.8) is 0 Å². The zero-order chi connectivity index (χ0) is 15.0. The molecule has 114 valence electrons. The molecule has 3 heteroatoms. The van der Waals surface area contributed by atoms with Crippen molar-refractivity contribution < 1.29 is 0 Å². The van der Waals surface area contributed by atoms with Crippen molar-refractivity contribution in [3.05, 3.63) is 29.8 Å². The summed E-state index contributed by atoms with van der Waals surface area (Å²) in [4.78, 5) is 2.29. The van der Waals surface area contributed by atoms with E-state index in [0.717, 1.165) is 6.54 Å². The molecule has 1 nitrogen and oxygen atoms in total. The van der Waals surface area contributed by atoms with Gasteiger partial charge in [0.25, 0.3) is 0 Å². The standard InChI is InChI=1S/C9H12N.2C4H9.BrH.Sn/c1-10(2)8-9-6-4-3-5-7-9;2*1-3-4-2;;/h3-6H,8H2,1-2H3;2*1,3-4H2,2H3;1H;/q;;;;+1/p-1. The molecule has 0 aliphatic heterocycles. The summed E-state index contributed by atoms with van der Waals surface area (Å²) in [7, 11) is 4.33. The van der Waals surface area contributed by atoms with Gasteiger partial charge < -0.3 is 0 Å². The van der Waals surface area contributed by atoms with Crippen LogP contribution in [0, 0.1) is 0 Å². The summed E-state index contributed by atoms with van der Waals surface area (Å²) in [5, 5.41) is 0. The summed E-state index contributed by atoms with van der Waals surface area (Å²) in [6.07, 6.45) is 5.38. The van der Waals surface area contributed by atoms with Crippen LogP contribution >= 0.6 is 12.7 Å². The number of halogens is 1. The Labute approximate surface area is 135 Å². The van der Waals surface area contributed by atoms with Gasteiger partial charge in [-0.1, -0.05) is 0 Å². The number of benzene rings is 1. The van der Waals surface area contributed by atoms with Crippen LogP contribution in [0.2, 0.25) is 8.87 Å². The monoisotopic (exact) mass is 447 g/mol. The van der Waals surface area contributed by atoms with Gasteiger partial charge in [-0.25, -0.2) is 0 Å². The van der Waals surface area contributed by atoms with Crippen LogP contribution in [-0.2, 0) is 6.54 Å². The molecule has 20 heavy (non-hydrogen) atoms. The zero-order valence-electron chi connectivity index (χ0n) is 13.6. The van der Waals surface area contributed by atoms with E-state index in [0.29, 0.717) is 0 Å². The van der Waals surface area contributed by atoms with Crippen LogP contribution in [0.3, 0.4) is 0 Å². The Morgan fingerprint density at radius 3 is 2.05 bits per heavy atom. The molecule has 0 N–H and O–H groups in total. The number of hydrogen-bond donors (Lipinski definition) is 0. The number of hydrogen-bond acceptors (Lipinski definition) is 1. The molecule has 0 unspecified atom stereocenters. The van der Waals surface area contributed by atoms with E-state index < -0.39 is 16.2 Å². The molecule has 1 aromatic carbocycles. The molecule has 0 aliphatic carbocycles. The van der Waals surface area contributed by atoms with E-state index in [4.69, 9.17) is 0 Å². The maximum absolute atomic E-state index is 4.33. The molecule has 0 amide bonds. The summed E-state index contributed by atoms with van der Waals surface area (Å²) in [5.74, 6) is 0. The van der Waals surface area contributed by atoms with Crippen LogP contribution in [0.5, 0.6) is 0 Å². The van der Waals surface area contributed by atoms with E-state index in [1.54, 1.807) is 9.14 Å². The van der Waals surface area contributed by atoms with Gasteiger partial charge in [-0.15, -0.1) is 0 Å². The van der Waals surface area contributed by atoms with Crippen LogP contribution in [0.1, 0.15) is 45.1 Å². The second-order valence-electron chi connectivity index (χ2n) is 6.07. The van der Waals surface area contributed by atoms with E-state index in [1.807, 2.05) is 0 Å². The Hall–Kier alpha value is 0.459. The molecule has 0 atom stereocenters. The van der Waals surface area contributed by atoms with Crippen molar-refractivity contribution >= 4 is 32.4 Å². The van der Waals surface area contributed by atoms with Gasteiger partial charge in [0.15, 0.2) is 0 Å². The van der Waals surface area contributed by atoms with E-state index in [9.17, 15) is 0 Å². The summed E-state index contributed by atoms with van der Waals surface area (Å²) in [6.45, 7) is 5.69. The number of nitrogens with zero attached hydrogens (tertiary/aromatic N) is 1. The first-order valence-electron chi connectivity index (χ1n) is 7.95. The van der Waals surface area contributed by atoms with Crippen LogP contribution < -0.4 is 3.58 Å². The minimum absolute atomic E-state index is 1.07. The molecule has 0 heterocycles. The Bertz CT molecular complexity index is 384. The van der Waals surface area contributed by atoms with Gasteiger partial charge in [0, 0.05) is 0 Å². The Kier molecular flexibility index (Phi) is 8.76. The molecule has 0 aliphatic rings. The van der Waals surface area contributed by atoms with Crippen molar-refractivity contribution in [2.45, 2.75) is 54.9 Å². The van der Waals surface area contributed by atoms with Gasteiger partial charge in [-0.3, -0.25) is 0 Å². The zero-order valence-corrected chi connectivity index (χ0v) is 18.0. The summed E-state index contributed by atoms with van der Waals surface area (Å²) >= 11 is 1.99. The van der Waals surface area contributed by atoms with Gasteiger partial charge in [0.2, 0.25) is 0 Å². The predicted molar refractivity (Wildman–Crippen MR) is 97.6 cm³/mol. The van der Waals surface area contributed by atoms with Crippen molar-refractivity contribution in [1.82, 2.24) is 4.90 Å². The third kappa shape index (κ3) is 5.69. The van der Waals surface area contributed by atoms with Crippen LogP contribution in [0.25, 0.3) is 0 Å². The first kappa shape index (κ1) is 18.5. The van der Waals surface area contributed by atoms with E-state index in [-0.39, 0.29) is 0 Å². The third-order valence-corrected chi connectivity index (χ3v) is 22.7. The van der Waals surface area contributed by atoms with Crippen LogP contribution in [0.15, 0.2) is 24.3 Å². The Morgan fingerprint density at radius 1 is 1.00 bits per heavy atom. The average molecular weight is 447 g/mol. The maximum atomic E-state index is 4.33. The fourth-order valence-electron chi connectivity index (χ4n) is 2.74. The number of unbranched alkanes of at least 4 members (excludes halogenated alkanes) is 2. The predicted octanol–water partition coefficient (Wildman–Crippen LogP) is 4.90. The molecule has 0 saturated heterocycles. The molecule has 0 aromatic heterocycles. The second kappa shape index (κ2) is 9.47. The Balaban J connectivity index is 3.05. The summed E-state index contributed by atoms with van der Waals surface area (Å²) in [5.41, 5.74) is 1.55. The van der Waals surface area contributed by atoms with Gasteiger partial charge in [0.1, 0.15) is 0 Å². The van der Waals surface area contributed by atoms with E-state index in [1.165, 1.54) is 34.6 Å². The molecule has 1 rings (SSSR count). The van der Waals surface area contributed by atoms with Crippen LogP contribution in [-0.4, -0.2) is 35.2 Å². The van der Waals surface area contributed by atoms with Crippen molar-refractivity contribution in [1.29, 1.82) is 0 Å². The third-order valence-electron chi connectivity index (χ3n) is 3.84. The van der Waals surface area contributed by atoms with Crippen molar-refractivity contribution in [3.8, 4) is 0 Å². The summed E-state index contributed by atoms with van der Waals surface area (Å²) in [6, 6.07) is 9.18. The normalized spacial score (nSPS) is 12.1. The molecular weight excluding hydrogens is 417 g/mol. The van der Waals surface area contributed by atoms with Gasteiger partial charge in [-0.05, 0) is 0 Å². The molecule has 0 bridgehead atoms. The van der Waals surface area contributed by atoms with E-state index >= 15 is 0 Å². The molecular formula is C17H30BrNSn. The molecule has 0 fully saturated rings. The topological polar surface area (TPSA) is 3.24 Å². The van der Waals surface area contributed by atoms with Gasteiger partial charge in [-0.2, -0.15) is 0 Å². The molecule has 1 aromatic rings. The van der Waals surface area contributed by atoms with Crippen molar-refractivity contribution in [2.24, 2.45) is 0 Å². The first-order chi connectivity index (χ1) is 9.53. The summed E-state index contributed by atoms with van der Waals surface area (Å²) < 4.78 is 4.59. The Morgan fingerprint density at radius 2 is 1.55 bits per heavy atom. The minimum atomic E-state index is -2.34. The van der Waals surface area contributed by atoms with Gasteiger partial charge >= 0.3 is 136 Å². The van der Waals surface area contributed by atoms with Crippen LogP contribution in [0.4, 0.5) is 0 Å². The number of rotatable bonds is 9. The quantitative estimate of drug-likeness (QED) is 0.488.